The molecule has 1 unspecified atom stereocenters. The van der Waals surface area contributed by atoms with E-state index in [-0.39, 0.29) is 6.54 Å². The first kappa shape index (κ1) is 12.9. The Kier molecular flexibility index (Phi) is 3.82. The normalized spacial score (nSPS) is 13.5. The standard InChI is InChI=1S/C9H12F2N2O2S/c1-6(5-12)16(14,15)13-9-4-7(10)2-3-8(9)11/h2-4,6,13H,5,12H2,1H3. The van der Waals surface area contributed by atoms with Crippen LogP contribution in [-0.2, 0) is 10.0 Å². The summed E-state index contributed by atoms with van der Waals surface area (Å²) in [6.07, 6.45) is 0. The van der Waals surface area contributed by atoms with Crippen LogP contribution in [0.3, 0.4) is 0 Å². The monoisotopic (exact) mass is 250 g/mol. The molecule has 3 N–H and O–H groups in total. The van der Waals surface area contributed by atoms with Gasteiger partial charge in [-0.3, -0.25) is 4.72 Å². The van der Waals surface area contributed by atoms with Crippen molar-refractivity contribution < 1.29 is 17.2 Å². The number of nitrogens with two attached hydrogens (primary N) is 1. The largest absolute Gasteiger partial charge is 0.329 e. The van der Waals surface area contributed by atoms with Crippen LogP contribution in [0.1, 0.15) is 6.92 Å². The zero-order valence-electron chi connectivity index (χ0n) is 8.57. The summed E-state index contributed by atoms with van der Waals surface area (Å²) in [4.78, 5) is 0. The van der Waals surface area contributed by atoms with Crippen molar-refractivity contribution in [3.8, 4) is 0 Å². The molecule has 1 atom stereocenters. The van der Waals surface area contributed by atoms with Crippen LogP contribution in [0.4, 0.5) is 14.5 Å². The number of halogens is 2. The molecule has 0 aliphatic carbocycles. The van der Waals surface area contributed by atoms with Crippen molar-refractivity contribution in [2.24, 2.45) is 5.73 Å². The zero-order valence-corrected chi connectivity index (χ0v) is 9.39. The zero-order chi connectivity index (χ0) is 12.3. The molecule has 0 aliphatic rings. The molecule has 90 valence electrons. The molecule has 1 aromatic rings. The molecule has 7 heteroatoms. The molecule has 0 radical (unpaired) electrons. The summed E-state index contributed by atoms with van der Waals surface area (Å²) in [6.45, 7) is 1.27. The van der Waals surface area contributed by atoms with E-state index in [1.807, 2.05) is 4.72 Å². The summed E-state index contributed by atoms with van der Waals surface area (Å²) in [6, 6.07) is 2.52. The van der Waals surface area contributed by atoms with Gasteiger partial charge in [-0.05, 0) is 19.1 Å². The average Bonchev–Trinajstić information content (AvgIpc) is 2.22. The third-order valence-electron chi connectivity index (χ3n) is 2.04. The molecule has 1 rings (SSSR count). The van der Waals surface area contributed by atoms with E-state index in [0.717, 1.165) is 18.2 Å². The Hall–Kier alpha value is -1.21. The summed E-state index contributed by atoms with van der Waals surface area (Å²) < 4.78 is 50.9. The van der Waals surface area contributed by atoms with E-state index in [1.54, 1.807) is 0 Å². The molecule has 0 heterocycles. The van der Waals surface area contributed by atoms with Crippen LogP contribution in [0.25, 0.3) is 0 Å². The summed E-state index contributed by atoms with van der Waals surface area (Å²) in [7, 11) is -3.78. The van der Waals surface area contributed by atoms with Crippen molar-refractivity contribution in [3.05, 3.63) is 29.8 Å². The van der Waals surface area contributed by atoms with Crippen molar-refractivity contribution in [1.82, 2.24) is 0 Å². The van der Waals surface area contributed by atoms with Crippen molar-refractivity contribution in [2.75, 3.05) is 11.3 Å². The highest BCUT2D eigenvalue weighted by Crippen LogP contribution is 2.17. The van der Waals surface area contributed by atoms with E-state index in [2.05, 4.69) is 0 Å². The van der Waals surface area contributed by atoms with Crippen LogP contribution < -0.4 is 10.5 Å². The van der Waals surface area contributed by atoms with Crippen LogP contribution in [0.5, 0.6) is 0 Å². The van der Waals surface area contributed by atoms with Gasteiger partial charge >= 0.3 is 0 Å². The van der Waals surface area contributed by atoms with E-state index in [4.69, 9.17) is 5.73 Å². The molecule has 0 bridgehead atoms. The number of rotatable bonds is 4. The number of hydrogen-bond donors (Lipinski definition) is 2. The summed E-state index contributed by atoms with van der Waals surface area (Å²) in [5.74, 6) is -1.56. The first-order chi connectivity index (χ1) is 7.36. The lowest BCUT2D eigenvalue weighted by Gasteiger charge is -2.13. The number of benzene rings is 1. The SMILES string of the molecule is CC(CN)S(=O)(=O)Nc1cc(F)ccc1F. The number of sulfonamides is 1. The second-order valence-corrected chi connectivity index (χ2v) is 5.42. The molecule has 16 heavy (non-hydrogen) atoms. The fourth-order valence-corrected chi connectivity index (χ4v) is 1.87. The molecule has 0 amide bonds. The van der Waals surface area contributed by atoms with Gasteiger partial charge in [-0.15, -0.1) is 0 Å². The molecule has 4 nitrogen and oxygen atoms in total. The third kappa shape index (κ3) is 2.89. The Morgan fingerprint density at radius 3 is 2.62 bits per heavy atom. The first-order valence-corrected chi connectivity index (χ1v) is 6.08. The van der Waals surface area contributed by atoms with Gasteiger partial charge < -0.3 is 5.73 Å². The molecule has 1 aromatic carbocycles. The van der Waals surface area contributed by atoms with Gasteiger partial charge in [-0.25, -0.2) is 17.2 Å². The van der Waals surface area contributed by atoms with Crippen molar-refractivity contribution >= 4 is 15.7 Å². The van der Waals surface area contributed by atoms with E-state index < -0.39 is 32.6 Å². The predicted molar refractivity (Wildman–Crippen MR) is 57.4 cm³/mol. The minimum Gasteiger partial charge on any atom is -0.329 e. The van der Waals surface area contributed by atoms with Gasteiger partial charge in [0, 0.05) is 12.6 Å². The van der Waals surface area contributed by atoms with Gasteiger partial charge in [0.15, 0.2) is 0 Å². The number of hydrogen-bond acceptors (Lipinski definition) is 3. The number of anilines is 1. The van der Waals surface area contributed by atoms with Crippen LogP contribution in [0.15, 0.2) is 18.2 Å². The second kappa shape index (κ2) is 4.75. The van der Waals surface area contributed by atoms with Gasteiger partial charge in [0.05, 0.1) is 10.9 Å². The smallest absolute Gasteiger partial charge is 0.236 e. The summed E-state index contributed by atoms with van der Waals surface area (Å²) in [5.41, 5.74) is 4.78. The minimum atomic E-state index is -3.78. The summed E-state index contributed by atoms with van der Waals surface area (Å²) in [5, 5.41) is -0.879. The van der Waals surface area contributed by atoms with Gasteiger partial charge in [0.25, 0.3) is 0 Å². The molecular formula is C9H12F2N2O2S. The van der Waals surface area contributed by atoms with E-state index in [1.165, 1.54) is 6.92 Å². The Labute approximate surface area is 92.5 Å². The quantitative estimate of drug-likeness (QED) is 0.839. The molecule has 0 saturated carbocycles. The van der Waals surface area contributed by atoms with E-state index >= 15 is 0 Å². The molecule has 0 saturated heterocycles. The van der Waals surface area contributed by atoms with Crippen molar-refractivity contribution in [3.63, 3.8) is 0 Å². The third-order valence-corrected chi connectivity index (χ3v) is 3.80. The highest BCUT2D eigenvalue weighted by atomic mass is 32.2. The first-order valence-electron chi connectivity index (χ1n) is 4.53. The predicted octanol–water partition coefficient (Wildman–Crippen LogP) is 1.05. The highest BCUT2D eigenvalue weighted by molar-refractivity contribution is 7.93. The Morgan fingerprint density at radius 1 is 1.44 bits per heavy atom. The Bertz CT molecular complexity index is 476. The minimum absolute atomic E-state index is 0.105. The molecule has 0 spiro atoms. The Morgan fingerprint density at radius 2 is 2.06 bits per heavy atom. The summed E-state index contributed by atoms with van der Waals surface area (Å²) >= 11 is 0. The Balaban J connectivity index is 3.01. The van der Waals surface area contributed by atoms with Crippen molar-refractivity contribution in [1.29, 1.82) is 0 Å². The van der Waals surface area contributed by atoms with Crippen LogP contribution in [-0.4, -0.2) is 20.2 Å². The van der Waals surface area contributed by atoms with Crippen LogP contribution >= 0.6 is 0 Å². The topological polar surface area (TPSA) is 72.2 Å². The van der Waals surface area contributed by atoms with Crippen molar-refractivity contribution in [2.45, 2.75) is 12.2 Å². The van der Waals surface area contributed by atoms with Gasteiger partial charge in [0.2, 0.25) is 10.0 Å². The lowest BCUT2D eigenvalue weighted by Crippen LogP contribution is -2.31. The fourth-order valence-electron chi connectivity index (χ4n) is 0.956. The van der Waals surface area contributed by atoms with Crippen LogP contribution in [0.2, 0.25) is 0 Å². The fraction of sp³-hybridized carbons (Fsp3) is 0.333. The van der Waals surface area contributed by atoms with E-state index in [0.29, 0.717) is 0 Å². The molecule has 0 aliphatic heterocycles. The van der Waals surface area contributed by atoms with Gasteiger partial charge in [-0.1, -0.05) is 0 Å². The molecule has 0 fully saturated rings. The second-order valence-electron chi connectivity index (χ2n) is 3.32. The maximum atomic E-state index is 13.1. The maximum Gasteiger partial charge on any atom is 0.236 e. The lowest BCUT2D eigenvalue weighted by atomic mass is 10.3. The molecule has 0 aromatic heterocycles. The average molecular weight is 250 g/mol. The lowest BCUT2D eigenvalue weighted by molar-refractivity contribution is 0.585. The highest BCUT2D eigenvalue weighted by Gasteiger charge is 2.20. The van der Waals surface area contributed by atoms with Crippen LogP contribution in [0, 0.1) is 11.6 Å². The number of nitrogens with one attached hydrogen (secondary N) is 1. The van der Waals surface area contributed by atoms with E-state index in [9.17, 15) is 17.2 Å². The van der Waals surface area contributed by atoms with Gasteiger partial charge in [-0.2, -0.15) is 0 Å². The van der Waals surface area contributed by atoms with Gasteiger partial charge in [0.1, 0.15) is 11.6 Å². The molecular weight excluding hydrogens is 238 g/mol. The maximum absolute atomic E-state index is 13.1.